The maximum Gasteiger partial charge on any atom is 0.200 e. The Hall–Kier alpha value is -1.46. The van der Waals surface area contributed by atoms with Crippen molar-refractivity contribution in [2.75, 3.05) is 19.8 Å². The maximum absolute atomic E-state index is 14.6. The predicted octanol–water partition coefficient (Wildman–Crippen LogP) is 6.17. The molecule has 2 fully saturated rings. The van der Waals surface area contributed by atoms with Crippen molar-refractivity contribution in [3.8, 4) is 5.75 Å². The zero-order chi connectivity index (χ0) is 20.6. The Kier molecular flexibility index (Phi) is 8.49. The molecule has 1 aliphatic heterocycles. The van der Waals surface area contributed by atoms with Crippen molar-refractivity contribution in [1.82, 2.24) is 0 Å². The van der Waals surface area contributed by atoms with E-state index in [9.17, 15) is 8.78 Å². The van der Waals surface area contributed by atoms with Gasteiger partial charge in [-0.15, -0.1) is 6.58 Å². The summed E-state index contributed by atoms with van der Waals surface area (Å²) in [6, 6.07) is 3.18. The Morgan fingerprint density at radius 2 is 1.90 bits per heavy atom. The summed E-state index contributed by atoms with van der Waals surface area (Å²) < 4.78 is 46.2. The monoisotopic (exact) mass is 408 g/mol. The van der Waals surface area contributed by atoms with E-state index in [1.807, 2.05) is 13.0 Å². The Balaban J connectivity index is 1.45. The number of halogens is 2. The third-order valence-electron chi connectivity index (χ3n) is 6.21. The molecule has 2 unspecified atom stereocenters. The Labute approximate surface area is 173 Å². The van der Waals surface area contributed by atoms with Gasteiger partial charge in [0.1, 0.15) is 0 Å². The first-order valence-electron chi connectivity index (χ1n) is 11.1. The average Bonchev–Trinajstić information content (AvgIpc) is 2.76. The molecular weight excluding hydrogens is 374 g/mol. The van der Waals surface area contributed by atoms with Crippen LogP contribution in [-0.4, -0.2) is 32.0 Å². The van der Waals surface area contributed by atoms with Crippen molar-refractivity contribution in [3.05, 3.63) is 42.0 Å². The standard InChI is InChI=1S/C24H34F2O3/c1-3-5-14-27-22-13-12-21(23(25)24(22)26)18-8-11-20(28-15-18)16-29-19-9-6-17(4-2)7-10-19/h4,12-13,17-20H,2-3,5-11,14-16H2,1H3. The van der Waals surface area contributed by atoms with E-state index in [1.54, 1.807) is 6.07 Å². The largest absolute Gasteiger partial charge is 0.490 e. The van der Waals surface area contributed by atoms with Gasteiger partial charge in [0.2, 0.25) is 5.82 Å². The van der Waals surface area contributed by atoms with Gasteiger partial charge in [-0.3, -0.25) is 0 Å². The molecule has 0 radical (unpaired) electrons. The first kappa shape index (κ1) is 22.2. The minimum absolute atomic E-state index is 0.00567. The van der Waals surface area contributed by atoms with Gasteiger partial charge in [0, 0.05) is 5.92 Å². The summed E-state index contributed by atoms with van der Waals surface area (Å²) in [5.74, 6) is -1.21. The van der Waals surface area contributed by atoms with E-state index in [0.717, 1.165) is 51.4 Å². The molecule has 2 aliphatic rings. The summed E-state index contributed by atoms with van der Waals surface area (Å²) in [6.07, 6.45) is 10.1. The maximum atomic E-state index is 14.6. The lowest BCUT2D eigenvalue weighted by Crippen LogP contribution is -2.32. The molecule has 1 aliphatic carbocycles. The van der Waals surface area contributed by atoms with E-state index in [-0.39, 0.29) is 17.8 Å². The molecule has 1 saturated carbocycles. The van der Waals surface area contributed by atoms with Crippen molar-refractivity contribution in [3.63, 3.8) is 0 Å². The molecule has 3 nitrogen and oxygen atoms in total. The van der Waals surface area contributed by atoms with Crippen LogP contribution in [0.3, 0.4) is 0 Å². The molecule has 5 heteroatoms. The van der Waals surface area contributed by atoms with Crippen molar-refractivity contribution in [2.45, 2.75) is 76.4 Å². The fraction of sp³-hybridized carbons (Fsp3) is 0.667. The van der Waals surface area contributed by atoms with Crippen LogP contribution < -0.4 is 4.74 Å². The van der Waals surface area contributed by atoms with Gasteiger partial charge in [0.15, 0.2) is 11.6 Å². The lowest BCUT2D eigenvalue weighted by atomic mass is 9.87. The third kappa shape index (κ3) is 6.02. The van der Waals surface area contributed by atoms with E-state index < -0.39 is 11.6 Å². The molecule has 2 atom stereocenters. The lowest BCUT2D eigenvalue weighted by Gasteiger charge is -2.32. The second kappa shape index (κ2) is 11.1. The summed E-state index contributed by atoms with van der Waals surface area (Å²) in [5.41, 5.74) is 0.382. The minimum Gasteiger partial charge on any atom is -0.490 e. The number of rotatable bonds is 9. The molecule has 0 bridgehead atoms. The van der Waals surface area contributed by atoms with Crippen LogP contribution in [0.1, 0.15) is 69.8 Å². The van der Waals surface area contributed by atoms with E-state index in [2.05, 4.69) is 6.58 Å². The van der Waals surface area contributed by atoms with Crippen LogP contribution in [0.4, 0.5) is 8.78 Å². The molecule has 162 valence electrons. The zero-order valence-electron chi connectivity index (χ0n) is 17.5. The highest BCUT2D eigenvalue weighted by molar-refractivity contribution is 5.33. The van der Waals surface area contributed by atoms with Crippen LogP contribution in [0.2, 0.25) is 0 Å². The van der Waals surface area contributed by atoms with E-state index in [4.69, 9.17) is 14.2 Å². The lowest BCUT2D eigenvalue weighted by molar-refractivity contribution is -0.0769. The van der Waals surface area contributed by atoms with Crippen molar-refractivity contribution in [1.29, 1.82) is 0 Å². The van der Waals surface area contributed by atoms with Crippen LogP contribution in [0.25, 0.3) is 0 Å². The van der Waals surface area contributed by atoms with E-state index >= 15 is 0 Å². The number of unbranched alkanes of at least 4 members (excludes halogenated alkanes) is 1. The van der Waals surface area contributed by atoms with Gasteiger partial charge >= 0.3 is 0 Å². The smallest absolute Gasteiger partial charge is 0.200 e. The molecule has 0 N–H and O–H groups in total. The van der Waals surface area contributed by atoms with Gasteiger partial charge in [-0.05, 0) is 62.5 Å². The molecule has 0 spiro atoms. The number of benzene rings is 1. The normalized spacial score (nSPS) is 27.6. The van der Waals surface area contributed by atoms with Gasteiger partial charge in [0.05, 0.1) is 32.0 Å². The molecular formula is C24H34F2O3. The predicted molar refractivity (Wildman–Crippen MR) is 110 cm³/mol. The second-order valence-corrected chi connectivity index (χ2v) is 8.32. The highest BCUT2D eigenvalue weighted by Gasteiger charge is 2.28. The summed E-state index contributed by atoms with van der Waals surface area (Å²) >= 11 is 0. The van der Waals surface area contributed by atoms with Gasteiger partial charge < -0.3 is 14.2 Å². The summed E-state index contributed by atoms with van der Waals surface area (Å²) in [4.78, 5) is 0. The van der Waals surface area contributed by atoms with Crippen LogP contribution >= 0.6 is 0 Å². The summed E-state index contributed by atoms with van der Waals surface area (Å²) in [5, 5.41) is 0. The number of ether oxygens (including phenoxy) is 3. The molecule has 0 amide bonds. The van der Waals surface area contributed by atoms with Gasteiger partial charge in [0.25, 0.3) is 0 Å². The minimum atomic E-state index is -0.890. The van der Waals surface area contributed by atoms with Crippen molar-refractivity contribution < 1.29 is 23.0 Å². The number of hydrogen-bond donors (Lipinski definition) is 0. The van der Waals surface area contributed by atoms with Gasteiger partial charge in [-0.1, -0.05) is 25.5 Å². The quantitative estimate of drug-likeness (QED) is 0.361. The van der Waals surface area contributed by atoms with Gasteiger partial charge in [-0.2, -0.15) is 4.39 Å². The van der Waals surface area contributed by atoms with Crippen molar-refractivity contribution in [2.24, 2.45) is 5.92 Å². The highest BCUT2D eigenvalue weighted by atomic mass is 19.2. The zero-order valence-corrected chi connectivity index (χ0v) is 17.5. The SMILES string of the molecule is C=CC1CCC(OCC2CCC(c3ccc(OCCCC)c(F)c3F)CO2)CC1. The van der Waals surface area contributed by atoms with Crippen LogP contribution in [0.15, 0.2) is 24.8 Å². The van der Waals surface area contributed by atoms with Crippen LogP contribution in [-0.2, 0) is 9.47 Å². The first-order chi connectivity index (χ1) is 14.1. The van der Waals surface area contributed by atoms with E-state index in [1.165, 1.54) is 6.07 Å². The van der Waals surface area contributed by atoms with Crippen LogP contribution in [0, 0.1) is 17.6 Å². The second-order valence-electron chi connectivity index (χ2n) is 8.32. The number of hydrogen-bond acceptors (Lipinski definition) is 3. The molecule has 1 aromatic carbocycles. The topological polar surface area (TPSA) is 27.7 Å². The fourth-order valence-corrected chi connectivity index (χ4v) is 4.22. The fourth-order valence-electron chi connectivity index (χ4n) is 4.22. The first-order valence-corrected chi connectivity index (χ1v) is 11.1. The highest BCUT2D eigenvalue weighted by Crippen LogP contribution is 2.34. The Bertz CT molecular complexity index is 648. The van der Waals surface area contributed by atoms with E-state index in [0.29, 0.717) is 37.4 Å². The molecule has 0 aromatic heterocycles. The number of allylic oxidation sites excluding steroid dienone is 1. The molecule has 1 aromatic rings. The molecule has 1 heterocycles. The third-order valence-corrected chi connectivity index (χ3v) is 6.21. The Morgan fingerprint density at radius 3 is 2.55 bits per heavy atom. The van der Waals surface area contributed by atoms with Gasteiger partial charge in [-0.25, -0.2) is 4.39 Å². The molecule has 29 heavy (non-hydrogen) atoms. The average molecular weight is 409 g/mol. The summed E-state index contributed by atoms with van der Waals surface area (Å²) in [7, 11) is 0. The van der Waals surface area contributed by atoms with Crippen molar-refractivity contribution >= 4 is 0 Å². The summed E-state index contributed by atoms with van der Waals surface area (Å²) in [6.45, 7) is 7.27. The molecule has 3 rings (SSSR count). The molecule has 1 saturated heterocycles. The van der Waals surface area contributed by atoms with Crippen LogP contribution in [0.5, 0.6) is 5.75 Å². The Morgan fingerprint density at radius 1 is 1.10 bits per heavy atom.